The molecule has 0 spiro atoms. The van der Waals surface area contributed by atoms with Crippen LogP contribution in [-0.2, 0) is 9.84 Å². The molecule has 0 radical (unpaired) electrons. The molecule has 152 valence electrons. The Labute approximate surface area is 170 Å². The molecule has 8 heteroatoms. The molecule has 1 unspecified atom stereocenters. The van der Waals surface area contributed by atoms with Crippen LogP contribution in [0, 0.1) is 0 Å². The number of anilines is 1. The molecule has 0 aromatic heterocycles. The minimum absolute atomic E-state index is 0.119. The van der Waals surface area contributed by atoms with E-state index in [4.69, 9.17) is 26.2 Å². The van der Waals surface area contributed by atoms with Crippen molar-refractivity contribution in [2.24, 2.45) is 0 Å². The summed E-state index contributed by atoms with van der Waals surface area (Å²) in [5, 5.41) is 12.9. The summed E-state index contributed by atoms with van der Waals surface area (Å²) >= 11 is 6.08. The van der Waals surface area contributed by atoms with Crippen molar-refractivity contribution in [3.8, 4) is 11.5 Å². The van der Waals surface area contributed by atoms with Crippen LogP contribution in [0.3, 0.4) is 0 Å². The molecule has 2 N–H and O–H groups in total. The Bertz CT molecular complexity index is 959. The lowest BCUT2D eigenvalue weighted by molar-refractivity contribution is 0.200. The molecule has 2 rings (SSSR count). The normalized spacial score (nSPS) is 12.3. The maximum Gasteiger partial charge on any atom is 0.175 e. The number of aliphatic hydroxyl groups is 1. The molecular weight excluding hydrogens is 402 g/mol. The number of methoxy groups -OCH3 is 1. The predicted octanol–water partition coefficient (Wildman–Crippen LogP) is 3.85. The summed E-state index contributed by atoms with van der Waals surface area (Å²) in [5.41, 5.74) is 2.09. The van der Waals surface area contributed by atoms with Crippen molar-refractivity contribution in [3.05, 3.63) is 59.1 Å². The Balaban J connectivity index is 2.49. The van der Waals surface area contributed by atoms with Crippen LogP contribution in [0.2, 0.25) is 5.02 Å². The highest BCUT2D eigenvalue weighted by Gasteiger charge is 2.19. The molecule has 0 saturated carbocycles. The number of halogens is 1. The van der Waals surface area contributed by atoms with E-state index in [2.05, 4.69) is 11.9 Å². The molecule has 0 heterocycles. The van der Waals surface area contributed by atoms with Crippen LogP contribution in [-0.4, -0.2) is 40.1 Å². The first-order valence-electron chi connectivity index (χ1n) is 8.50. The number of aliphatic hydroxyl groups excluding tert-OH is 1. The molecule has 0 fully saturated rings. The fourth-order valence-corrected chi connectivity index (χ4v) is 3.48. The zero-order valence-corrected chi connectivity index (χ0v) is 17.6. The summed E-state index contributed by atoms with van der Waals surface area (Å²) in [6.45, 7) is 5.87. The van der Waals surface area contributed by atoms with E-state index in [1.807, 2.05) is 6.92 Å². The molecule has 2 aromatic rings. The van der Waals surface area contributed by atoms with Gasteiger partial charge in [0.2, 0.25) is 0 Å². The highest BCUT2D eigenvalue weighted by molar-refractivity contribution is 7.90. The van der Waals surface area contributed by atoms with Gasteiger partial charge >= 0.3 is 0 Å². The van der Waals surface area contributed by atoms with E-state index in [0.29, 0.717) is 22.2 Å². The Morgan fingerprint density at radius 1 is 1.29 bits per heavy atom. The summed E-state index contributed by atoms with van der Waals surface area (Å²) in [6.07, 6.45) is 1.14. The van der Waals surface area contributed by atoms with Gasteiger partial charge < -0.3 is 19.9 Å². The predicted molar refractivity (Wildman–Crippen MR) is 111 cm³/mol. The van der Waals surface area contributed by atoms with Gasteiger partial charge in [-0.15, -0.1) is 0 Å². The smallest absolute Gasteiger partial charge is 0.175 e. The molecule has 6 nitrogen and oxygen atoms in total. The molecule has 0 aliphatic rings. The molecule has 0 saturated heterocycles. The zero-order chi connectivity index (χ0) is 20.9. The maximum atomic E-state index is 12.0. The van der Waals surface area contributed by atoms with Crippen molar-refractivity contribution >= 4 is 27.1 Å². The third-order valence-corrected chi connectivity index (χ3v) is 5.31. The van der Waals surface area contributed by atoms with Gasteiger partial charge in [0.15, 0.2) is 9.84 Å². The second-order valence-electron chi connectivity index (χ2n) is 6.35. The third-order valence-electron chi connectivity index (χ3n) is 3.98. The van der Waals surface area contributed by atoms with E-state index in [1.165, 1.54) is 19.2 Å². The summed E-state index contributed by atoms with van der Waals surface area (Å²) < 4.78 is 34.8. The topological polar surface area (TPSA) is 84.9 Å². The lowest BCUT2D eigenvalue weighted by Gasteiger charge is -2.24. The van der Waals surface area contributed by atoms with Gasteiger partial charge in [0, 0.05) is 28.6 Å². The first kappa shape index (κ1) is 22.1. The fourth-order valence-electron chi connectivity index (χ4n) is 2.65. The average molecular weight is 426 g/mol. The summed E-state index contributed by atoms with van der Waals surface area (Å²) in [4.78, 5) is 0.141. The highest BCUT2D eigenvalue weighted by Crippen LogP contribution is 2.35. The summed E-state index contributed by atoms with van der Waals surface area (Å²) in [5.74, 6) is 0.923. The Morgan fingerprint density at radius 2 is 2.00 bits per heavy atom. The lowest BCUT2D eigenvalue weighted by atomic mass is 9.99. The quantitative estimate of drug-likeness (QED) is 0.593. The maximum absolute atomic E-state index is 12.0. The largest absolute Gasteiger partial charge is 0.497 e. The van der Waals surface area contributed by atoms with Gasteiger partial charge in [0.1, 0.15) is 18.1 Å². The Hall–Kier alpha value is -2.22. The monoisotopic (exact) mass is 425 g/mol. The van der Waals surface area contributed by atoms with Crippen molar-refractivity contribution < 1.29 is 23.0 Å². The van der Waals surface area contributed by atoms with Crippen molar-refractivity contribution in [2.75, 3.05) is 31.9 Å². The second-order valence-corrected chi connectivity index (χ2v) is 8.80. The van der Waals surface area contributed by atoms with Gasteiger partial charge in [0.25, 0.3) is 0 Å². The second kappa shape index (κ2) is 9.32. The number of hydrogen-bond acceptors (Lipinski definition) is 6. The number of benzene rings is 2. The highest BCUT2D eigenvalue weighted by atomic mass is 35.5. The van der Waals surface area contributed by atoms with Gasteiger partial charge in [0.05, 0.1) is 24.7 Å². The van der Waals surface area contributed by atoms with Crippen LogP contribution in [0.25, 0.3) is 0 Å². The fraction of sp³-hybridized carbons (Fsp3) is 0.300. The summed E-state index contributed by atoms with van der Waals surface area (Å²) in [7, 11) is -1.94. The summed E-state index contributed by atoms with van der Waals surface area (Å²) in [6, 6.07) is 9.52. The Morgan fingerprint density at radius 3 is 2.57 bits per heavy atom. The first-order valence-corrected chi connectivity index (χ1v) is 10.8. The van der Waals surface area contributed by atoms with Gasteiger partial charge in [-0.25, -0.2) is 8.42 Å². The van der Waals surface area contributed by atoms with E-state index >= 15 is 0 Å². The molecule has 1 atom stereocenters. The van der Waals surface area contributed by atoms with Crippen LogP contribution in [0.15, 0.2) is 53.4 Å². The SMILES string of the molecule is C=C(C)C(Nc1cc(OC)cc(S(C)(=O)=O)c1)c1ccc(Cl)cc1OCCO. The van der Waals surface area contributed by atoms with Crippen molar-refractivity contribution in [3.63, 3.8) is 0 Å². The molecule has 0 amide bonds. The standard InChI is InChI=1S/C20H24ClNO5S/c1-13(2)20(18-6-5-14(21)9-19(18)27-8-7-23)22-15-10-16(26-3)12-17(11-15)28(4,24)25/h5-6,9-12,20,22-23H,1,7-8H2,2-4H3. The van der Waals surface area contributed by atoms with E-state index in [9.17, 15) is 8.42 Å². The van der Waals surface area contributed by atoms with E-state index < -0.39 is 9.84 Å². The third kappa shape index (κ3) is 5.64. The van der Waals surface area contributed by atoms with Crippen molar-refractivity contribution in [2.45, 2.75) is 17.9 Å². The van der Waals surface area contributed by atoms with Crippen LogP contribution >= 0.6 is 11.6 Å². The van der Waals surface area contributed by atoms with Crippen LogP contribution < -0.4 is 14.8 Å². The van der Waals surface area contributed by atoms with Crippen LogP contribution in [0.5, 0.6) is 11.5 Å². The lowest BCUT2D eigenvalue weighted by Crippen LogP contribution is -2.15. The van der Waals surface area contributed by atoms with Crippen molar-refractivity contribution in [1.82, 2.24) is 0 Å². The van der Waals surface area contributed by atoms with Crippen LogP contribution in [0.4, 0.5) is 5.69 Å². The van der Waals surface area contributed by atoms with E-state index in [0.717, 1.165) is 17.4 Å². The van der Waals surface area contributed by atoms with Gasteiger partial charge in [-0.05, 0) is 31.2 Å². The van der Waals surface area contributed by atoms with Gasteiger partial charge in [-0.1, -0.05) is 29.8 Å². The molecule has 2 aromatic carbocycles. The molecular formula is C20H24ClNO5S. The molecule has 0 aliphatic carbocycles. The molecule has 0 bridgehead atoms. The number of nitrogens with one attached hydrogen (secondary N) is 1. The molecule has 28 heavy (non-hydrogen) atoms. The number of rotatable bonds is 9. The van der Waals surface area contributed by atoms with Crippen LogP contribution in [0.1, 0.15) is 18.5 Å². The minimum atomic E-state index is -3.42. The number of ether oxygens (including phenoxy) is 2. The first-order chi connectivity index (χ1) is 13.2. The van der Waals surface area contributed by atoms with E-state index in [-0.39, 0.29) is 24.2 Å². The average Bonchev–Trinajstić information content (AvgIpc) is 2.63. The Kier molecular flexibility index (Phi) is 7.35. The van der Waals surface area contributed by atoms with E-state index in [1.54, 1.807) is 24.3 Å². The van der Waals surface area contributed by atoms with Gasteiger partial charge in [-0.3, -0.25) is 0 Å². The number of hydrogen-bond donors (Lipinski definition) is 2. The zero-order valence-electron chi connectivity index (χ0n) is 16.0. The van der Waals surface area contributed by atoms with Gasteiger partial charge in [-0.2, -0.15) is 0 Å². The van der Waals surface area contributed by atoms with Crippen molar-refractivity contribution in [1.29, 1.82) is 0 Å². The minimum Gasteiger partial charge on any atom is -0.497 e. The molecule has 0 aliphatic heterocycles. The number of sulfone groups is 1.